The van der Waals surface area contributed by atoms with E-state index in [0.29, 0.717) is 0 Å². The Kier molecular flexibility index (Phi) is 8.87. The predicted octanol–water partition coefficient (Wildman–Crippen LogP) is 16.5. The van der Waals surface area contributed by atoms with E-state index in [1.165, 1.54) is 55.3 Å². The van der Waals surface area contributed by atoms with Crippen LogP contribution in [-0.4, -0.2) is 0 Å². The van der Waals surface area contributed by atoms with Crippen molar-refractivity contribution in [2.45, 2.75) is 0 Å². The summed E-state index contributed by atoms with van der Waals surface area (Å²) >= 11 is 0. The maximum atomic E-state index is 6.31. The summed E-state index contributed by atoms with van der Waals surface area (Å²) in [6.07, 6.45) is 0. The molecule has 2 heteroatoms. The monoisotopic (exact) mass is 765 g/mol. The molecule has 0 aliphatic heterocycles. The quantitative estimate of drug-likeness (QED) is 0.153. The van der Waals surface area contributed by atoms with Crippen molar-refractivity contribution in [2.24, 2.45) is 0 Å². The zero-order valence-corrected chi connectivity index (χ0v) is 32.9. The molecule has 0 aliphatic carbocycles. The Balaban J connectivity index is 0.991. The van der Waals surface area contributed by atoms with Gasteiger partial charge < -0.3 is 9.32 Å². The third-order valence-corrected chi connectivity index (χ3v) is 11.7. The van der Waals surface area contributed by atoms with E-state index in [4.69, 9.17) is 4.42 Å². The van der Waals surface area contributed by atoms with Gasteiger partial charge in [0.2, 0.25) is 0 Å². The molecule has 0 N–H and O–H groups in total. The van der Waals surface area contributed by atoms with E-state index in [-0.39, 0.29) is 0 Å². The lowest BCUT2D eigenvalue weighted by Gasteiger charge is -2.26. The van der Waals surface area contributed by atoms with Crippen LogP contribution in [0.2, 0.25) is 0 Å². The summed E-state index contributed by atoms with van der Waals surface area (Å²) < 4.78 is 6.31. The van der Waals surface area contributed by atoms with Gasteiger partial charge in [-0.3, -0.25) is 0 Å². The number of para-hydroxylation sites is 1. The lowest BCUT2D eigenvalue weighted by atomic mass is 9.89. The van der Waals surface area contributed by atoms with Crippen LogP contribution in [-0.2, 0) is 0 Å². The van der Waals surface area contributed by atoms with Gasteiger partial charge in [0.1, 0.15) is 11.2 Å². The average molecular weight is 766 g/mol. The summed E-state index contributed by atoms with van der Waals surface area (Å²) in [5.74, 6) is 0. The first-order valence-electron chi connectivity index (χ1n) is 20.5. The average Bonchev–Trinajstić information content (AvgIpc) is 3.72. The standard InChI is InChI=1S/C58H39NO/c1-3-13-40(14-4-1)41-25-32-47(33-26-41)59(49-36-29-45(30-37-49)51-21-11-18-43-17-7-8-19-50(43)51)48-34-27-42(28-35-48)46-31-38-52(55(39-46)44-15-5-2-6-16-44)53-22-12-24-57-58(53)54-20-9-10-23-56(54)60-57/h1-39H. The number of anilines is 3. The SMILES string of the molecule is c1ccc(-c2ccc(N(c3ccc(-c4ccc(-c5cccc6oc7ccccc7c56)c(-c5ccccc5)c4)cc3)c3ccc(-c4cccc5ccccc45)cc3)cc2)cc1. The van der Waals surface area contributed by atoms with Gasteiger partial charge in [-0.15, -0.1) is 0 Å². The molecule has 0 saturated carbocycles. The van der Waals surface area contributed by atoms with Gasteiger partial charge in [0.15, 0.2) is 0 Å². The summed E-state index contributed by atoms with van der Waals surface area (Å²) in [6, 6.07) is 84.8. The minimum atomic E-state index is 0.898. The third-order valence-electron chi connectivity index (χ3n) is 11.7. The van der Waals surface area contributed by atoms with Gasteiger partial charge >= 0.3 is 0 Å². The van der Waals surface area contributed by atoms with Crippen molar-refractivity contribution >= 4 is 49.8 Å². The number of hydrogen-bond donors (Lipinski definition) is 0. The first-order valence-corrected chi connectivity index (χ1v) is 20.5. The number of fused-ring (bicyclic) bond motifs is 4. The van der Waals surface area contributed by atoms with E-state index in [0.717, 1.165) is 50.1 Å². The highest BCUT2D eigenvalue weighted by molar-refractivity contribution is 6.13. The second-order valence-corrected chi connectivity index (χ2v) is 15.3. The molecule has 0 atom stereocenters. The zero-order chi connectivity index (χ0) is 39.8. The second kappa shape index (κ2) is 15.1. The van der Waals surface area contributed by atoms with E-state index in [9.17, 15) is 0 Å². The van der Waals surface area contributed by atoms with Crippen molar-refractivity contribution in [3.8, 4) is 55.6 Å². The van der Waals surface area contributed by atoms with Crippen LogP contribution in [0.3, 0.4) is 0 Å². The Morgan fingerprint density at radius 2 is 0.733 bits per heavy atom. The number of nitrogens with zero attached hydrogens (tertiary/aromatic N) is 1. The molecule has 1 heterocycles. The Morgan fingerprint density at radius 3 is 1.43 bits per heavy atom. The molecule has 282 valence electrons. The fourth-order valence-electron chi connectivity index (χ4n) is 8.77. The molecule has 0 spiro atoms. The van der Waals surface area contributed by atoms with E-state index in [1.807, 2.05) is 12.1 Å². The van der Waals surface area contributed by atoms with Gasteiger partial charge in [0.25, 0.3) is 0 Å². The first-order chi connectivity index (χ1) is 29.7. The second-order valence-electron chi connectivity index (χ2n) is 15.3. The van der Waals surface area contributed by atoms with Crippen LogP contribution in [0.15, 0.2) is 241 Å². The molecule has 11 aromatic rings. The van der Waals surface area contributed by atoms with Gasteiger partial charge in [0.05, 0.1) is 0 Å². The molecule has 2 nitrogen and oxygen atoms in total. The summed E-state index contributed by atoms with van der Waals surface area (Å²) in [6.45, 7) is 0. The van der Waals surface area contributed by atoms with Gasteiger partial charge in [-0.25, -0.2) is 0 Å². The molecule has 1 aromatic heterocycles. The third kappa shape index (κ3) is 6.41. The van der Waals surface area contributed by atoms with E-state index < -0.39 is 0 Å². The molecule has 0 amide bonds. The topological polar surface area (TPSA) is 16.4 Å². The summed E-state index contributed by atoms with van der Waals surface area (Å²) in [5.41, 5.74) is 16.9. The largest absolute Gasteiger partial charge is 0.456 e. The minimum absolute atomic E-state index is 0.898. The normalized spacial score (nSPS) is 11.3. The number of rotatable bonds is 8. The lowest BCUT2D eigenvalue weighted by molar-refractivity contribution is 0.669. The van der Waals surface area contributed by atoms with Gasteiger partial charge in [0, 0.05) is 27.8 Å². The maximum absolute atomic E-state index is 6.31. The Bertz CT molecular complexity index is 3270. The predicted molar refractivity (Wildman–Crippen MR) is 253 cm³/mol. The first kappa shape index (κ1) is 35.2. The summed E-state index contributed by atoms with van der Waals surface area (Å²) in [5, 5.41) is 4.77. The number of furan rings is 1. The zero-order valence-electron chi connectivity index (χ0n) is 32.9. The highest BCUT2D eigenvalue weighted by Gasteiger charge is 2.18. The molecule has 0 saturated heterocycles. The van der Waals surface area contributed by atoms with Crippen molar-refractivity contribution in [3.63, 3.8) is 0 Å². The lowest BCUT2D eigenvalue weighted by Crippen LogP contribution is -2.09. The maximum Gasteiger partial charge on any atom is 0.136 e. The summed E-state index contributed by atoms with van der Waals surface area (Å²) in [7, 11) is 0. The van der Waals surface area contributed by atoms with Crippen LogP contribution in [0, 0.1) is 0 Å². The van der Waals surface area contributed by atoms with Crippen LogP contribution in [0.4, 0.5) is 17.1 Å². The van der Waals surface area contributed by atoms with Crippen molar-refractivity contribution in [1.29, 1.82) is 0 Å². The molecule has 0 bridgehead atoms. The van der Waals surface area contributed by atoms with E-state index in [1.54, 1.807) is 0 Å². The molecule has 0 aliphatic rings. The van der Waals surface area contributed by atoms with Gasteiger partial charge in [-0.05, 0) is 121 Å². The van der Waals surface area contributed by atoms with Crippen molar-refractivity contribution in [1.82, 2.24) is 0 Å². The molecule has 0 unspecified atom stereocenters. The molecule has 10 aromatic carbocycles. The molecule has 0 radical (unpaired) electrons. The fraction of sp³-hybridized carbons (Fsp3) is 0. The van der Waals surface area contributed by atoms with Crippen LogP contribution < -0.4 is 4.90 Å². The smallest absolute Gasteiger partial charge is 0.136 e. The van der Waals surface area contributed by atoms with Crippen molar-refractivity contribution in [3.05, 3.63) is 237 Å². The minimum Gasteiger partial charge on any atom is -0.456 e. The van der Waals surface area contributed by atoms with Crippen LogP contribution in [0.5, 0.6) is 0 Å². The molecule has 11 rings (SSSR count). The molecule has 60 heavy (non-hydrogen) atoms. The number of benzene rings is 10. The van der Waals surface area contributed by atoms with Crippen LogP contribution in [0.1, 0.15) is 0 Å². The highest BCUT2D eigenvalue weighted by atomic mass is 16.3. The highest BCUT2D eigenvalue weighted by Crippen LogP contribution is 2.43. The van der Waals surface area contributed by atoms with E-state index >= 15 is 0 Å². The van der Waals surface area contributed by atoms with Gasteiger partial charge in [-0.2, -0.15) is 0 Å². The molecule has 0 fully saturated rings. The Labute approximate surface area is 349 Å². The molecular formula is C58H39NO. The van der Waals surface area contributed by atoms with Crippen molar-refractivity contribution in [2.75, 3.05) is 4.90 Å². The van der Waals surface area contributed by atoms with Crippen LogP contribution >= 0.6 is 0 Å². The van der Waals surface area contributed by atoms with E-state index in [2.05, 4.69) is 229 Å². The van der Waals surface area contributed by atoms with Crippen molar-refractivity contribution < 1.29 is 4.42 Å². The number of hydrogen-bond acceptors (Lipinski definition) is 2. The summed E-state index contributed by atoms with van der Waals surface area (Å²) in [4.78, 5) is 2.35. The van der Waals surface area contributed by atoms with Crippen LogP contribution in [0.25, 0.3) is 88.3 Å². The molecular weight excluding hydrogens is 727 g/mol. The Hall–Kier alpha value is -7.94. The fourth-order valence-corrected chi connectivity index (χ4v) is 8.77. The Morgan fingerprint density at radius 1 is 0.267 bits per heavy atom. The van der Waals surface area contributed by atoms with Gasteiger partial charge in [-0.1, -0.05) is 182 Å².